The summed E-state index contributed by atoms with van der Waals surface area (Å²) in [5, 5.41) is 0. The molecule has 0 heterocycles. The summed E-state index contributed by atoms with van der Waals surface area (Å²) in [6.45, 7) is 11.9. The molecule has 0 aromatic rings. The van der Waals surface area contributed by atoms with Gasteiger partial charge in [-0.2, -0.15) is 0 Å². The molecule has 3 N–H and O–H groups in total. The van der Waals surface area contributed by atoms with E-state index in [4.69, 9.17) is 5.84 Å². The third-order valence-corrected chi connectivity index (χ3v) is 0.981. The molecule has 14 heavy (non-hydrogen) atoms. The van der Waals surface area contributed by atoms with E-state index in [9.17, 15) is 0 Å². The maximum absolute atomic E-state index is 5.20. The number of nitrogens with one attached hydrogen (secondary N) is 1. The summed E-state index contributed by atoms with van der Waals surface area (Å²) in [6, 6.07) is 0. The first-order chi connectivity index (χ1) is 6.85. The van der Waals surface area contributed by atoms with E-state index in [0.29, 0.717) is 0 Å². The Kier molecular flexibility index (Phi) is 30.3. The van der Waals surface area contributed by atoms with E-state index >= 15 is 0 Å². The lowest BCUT2D eigenvalue weighted by Gasteiger charge is -1.95. The molecule has 84 valence electrons. The molecule has 2 heteroatoms. The first kappa shape index (κ1) is 18.7. The molecule has 0 spiro atoms. The van der Waals surface area contributed by atoms with Crippen LogP contribution in [0.1, 0.15) is 41.5 Å². The molecule has 0 rings (SSSR count). The van der Waals surface area contributed by atoms with Gasteiger partial charge < -0.3 is 5.43 Å². The van der Waals surface area contributed by atoms with E-state index in [1.807, 2.05) is 71.9 Å². The number of nitrogens with two attached hydrogens (primary N) is 1. The van der Waals surface area contributed by atoms with Crippen LogP contribution in [0.2, 0.25) is 0 Å². The van der Waals surface area contributed by atoms with Gasteiger partial charge in [-0.1, -0.05) is 45.9 Å². The minimum Gasteiger partial charge on any atom is -0.324 e. The summed E-state index contributed by atoms with van der Waals surface area (Å²) in [5.74, 6) is 5.20. The van der Waals surface area contributed by atoms with Crippen LogP contribution in [0.25, 0.3) is 0 Å². The average molecular weight is 198 g/mol. The van der Waals surface area contributed by atoms with Gasteiger partial charge in [-0.25, -0.2) is 0 Å². The maximum Gasteiger partial charge on any atom is 0.0481 e. The lowest BCUT2D eigenvalue weighted by atomic mass is 10.3. The monoisotopic (exact) mass is 198 g/mol. The van der Waals surface area contributed by atoms with Crippen LogP contribution in [0.5, 0.6) is 0 Å². The van der Waals surface area contributed by atoms with Crippen molar-refractivity contribution < 1.29 is 0 Å². The molecule has 0 aromatic carbocycles. The van der Waals surface area contributed by atoms with Crippen molar-refractivity contribution in [3.05, 3.63) is 36.1 Å². The van der Waals surface area contributed by atoms with Gasteiger partial charge >= 0.3 is 0 Å². The molecule has 2 nitrogen and oxygen atoms in total. The highest BCUT2D eigenvalue weighted by Gasteiger charge is 1.79. The van der Waals surface area contributed by atoms with Crippen molar-refractivity contribution in [1.82, 2.24) is 5.43 Å². The van der Waals surface area contributed by atoms with Gasteiger partial charge in [-0.15, -0.1) is 0 Å². The number of hydrogen-bond donors (Lipinski definition) is 2. The van der Waals surface area contributed by atoms with Crippen LogP contribution in [-0.4, -0.2) is 0 Å². The quantitative estimate of drug-likeness (QED) is 0.413. The Labute approximate surface area is 89.6 Å². The molecule has 0 fully saturated rings. The van der Waals surface area contributed by atoms with Gasteiger partial charge in [0.25, 0.3) is 0 Å². The SMILES string of the molecule is CC.CC.C\C=C/C=C(\C=C/C)NN. The van der Waals surface area contributed by atoms with E-state index in [-0.39, 0.29) is 0 Å². The highest BCUT2D eigenvalue weighted by atomic mass is 15.2. The first-order valence-electron chi connectivity index (χ1n) is 5.27. The molecule has 0 radical (unpaired) electrons. The van der Waals surface area contributed by atoms with E-state index < -0.39 is 0 Å². The van der Waals surface area contributed by atoms with Crippen molar-refractivity contribution in [1.29, 1.82) is 0 Å². The molecule has 0 aliphatic heterocycles. The van der Waals surface area contributed by atoms with Crippen LogP contribution in [0.15, 0.2) is 36.1 Å². The Hall–Kier alpha value is -1.02. The average Bonchev–Trinajstić information content (AvgIpc) is 2.29. The largest absolute Gasteiger partial charge is 0.324 e. The Morgan fingerprint density at radius 1 is 1.00 bits per heavy atom. The molecular formula is C12H26N2. The molecule has 0 unspecified atom stereocenters. The Balaban J connectivity index is -0.000000266. The fourth-order valence-electron chi connectivity index (χ4n) is 0.531. The van der Waals surface area contributed by atoms with E-state index in [1.54, 1.807) is 0 Å². The molecule has 0 aliphatic carbocycles. The van der Waals surface area contributed by atoms with Crippen LogP contribution < -0.4 is 11.3 Å². The van der Waals surface area contributed by atoms with Gasteiger partial charge in [0.2, 0.25) is 0 Å². The van der Waals surface area contributed by atoms with Crippen molar-refractivity contribution in [2.45, 2.75) is 41.5 Å². The minimum absolute atomic E-state index is 0.903. The van der Waals surface area contributed by atoms with Crippen LogP contribution in [-0.2, 0) is 0 Å². The topological polar surface area (TPSA) is 38.0 Å². The van der Waals surface area contributed by atoms with Gasteiger partial charge in [0.05, 0.1) is 0 Å². The summed E-state index contributed by atoms with van der Waals surface area (Å²) >= 11 is 0. The lowest BCUT2D eigenvalue weighted by molar-refractivity contribution is 0.916. The minimum atomic E-state index is 0.903. The molecule has 0 bridgehead atoms. The number of hydrogen-bond acceptors (Lipinski definition) is 2. The Morgan fingerprint density at radius 2 is 1.50 bits per heavy atom. The van der Waals surface area contributed by atoms with E-state index in [0.717, 1.165) is 5.70 Å². The third-order valence-electron chi connectivity index (χ3n) is 0.981. The molecule has 0 atom stereocenters. The van der Waals surface area contributed by atoms with Crippen molar-refractivity contribution in [3.8, 4) is 0 Å². The van der Waals surface area contributed by atoms with Crippen LogP contribution in [0.4, 0.5) is 0 Å². The second-order valence-corrected chi connectivity index (χ2v) is 1.79. The fourth-order valence-corrected chi connectivity index (χ4v) is 0.531. The third kappa shape index (κ3) is 17.2. The van der Waals surface area contributed by atoms with E-state index in [2.05, 4.69) is 5.43 Å². The standard InChI is InChI=1S/C8H14N2.2C2H6/c1-3-5-7-8(10-9)6-4-2;2*1-2/h3-7,10H,9H2,1-2H3;2*1-2H3/b5-3-,6-4-,8-7+;;. The van der Waals surface area contributed by atoms with Crippen LogP contribution in [0, 0.1) is 0 Å². The molecule has 0 aliphatic rings. The lowest BCUT2D eigenvalue weighted by Crippen LogP contribution is -2.19. The number of hydrazine groups is 1. The maximum atomic E-state index is 5.20. The predicted molar refractivity (Wildman–Crippen MR) is 67.7 cm³/mol. The van der Waals surface area contributed by atoms with Gasteiger partial charge in [-0.05, 0) is 26.0 Å². The molecule has 0 amide bonds. The van der Waals surface area contributed by atoms with Crippen molar-refractivity contribution in [2.75, 3.05) is 0 Å². The molecule has 0 aromatic heterocycles. The molecule has 0 saturated carbocycles. The zero-order valence-corrected chi connectivity index (χ0v) is 10.5. The summed E-state index contributed by atoms with van der Waals surface area (Å²) in [6.07, 6.45) is 9.60. The summed E-state index contributed by atoms with van der Waals surface area (Å²) in [5.41, 5.74) is 3.46. The highest BCUT2D eigenvalue weighted by Crippen LogP contribution is 1.89. The zero-order chi connectivity index (χ0) is 11.8. The van der Waals surface area contributed by atoms with Crippen molar-refractivity contribution in [2.24, 2.45) is 5.84 Å². The molecule has 0 saturated heterocycles. The van der Waals surface area contributed by atoms with Gasteiger partial charge in [0, 0.05) is 5.70 Å². The number of allylic oxidation sites excluding steroid dienone is 5. The summed E-state index contributed by atoms with van der Waals surface area (Å²) in [4.78, 5) is 0. The summed E-state index contributed by atoms with van der Waals surface area (Å²) in [7, 11) is 0. The van der Waals surface area contributed by atoms with Gasteiger partial charge in [-0.3, -0.25) is 5.84 Å². The first-order valence-corrected chi connectivity index (χ1v) is 5.27. The Morgan fingerprint density at radius 3 is 1.79 bits per heavy atom. The van der Waals surface area contributed by atoms with Crippen LogP contribution in [0.3, 0.4) is 0 Å². The van der Waals surface area contributed by atoms with Gasteiger partial charge in [0.15, 0.2) is 0 Å². The fraction of sp³-hybridized carbons (Fsp3) is 0.500. The predicted octanol–water partition coefficient (Wildman–Crippen LogP) is 3.54. The number of rotatable bonds is 3. The van der Waals surface area contributed by atoms with Gasteiger partial charge in [0.1, 0.15) is 0 Å². The van der Waals surface area contributed by atoms with E-state index in [1.165, 1.54) is 0 Å². The molecular weight excluding hydrogens is 172 g/mol. The second-order valence-electron chi connectivity index (χ2n) is 1.79. The van der Waals surface area contributed by atoms with Crippen molar-refractivity contribution >= 4 is 0 Å². The van der Waals surface area contributed by atoms with Crippen LogP contribution >= 0.6 is 0 Å². The highest BCUT2D eigenvalue weighted by molar-refractivity contribution is 5.20. The van der Waals surface area contributed by atoms with Crippen molar-refractivity contribution in [3.63, 3.8) is 0 Å². The smallest absolute Gasteiger partial charge is 0.0481 e. The zero-order valence-electron chi connectivity index (χ0n) is 10.5. The second kappa shape index (κ2) is 22.7. The normalized spacial score (nSPS) is 10.4. The summed E-state index contributed by atoms with van der Waals surface area (Å²) < 4.78 is 0. The Bertz CT molecular complexity index is 156.